The molecule has 0 aliphatic heterocycles. The van der Waals surface area contributed by atoms with E-state index in [1.807, 2.05) is 18.2 Å². The van der Waals surface area contributed by atoms with Crippen LogP contribution in [0.2, 0.25) is 0 Å². The van der Waals surface area contributed by atoms with E-state index in [4.69, 9.17) is 4.74 Å². The molecule has 1 aromatic carbocycles. The average Bonchev–Trinajstić information content (AvgIpc) is 2.35. The Bertz CT molecular complexity index is 300. The number of unbranched alkanes of at least 4 members (excludes halogenated alkanes) is 4. The van der Waals surface area contributed by atoms with E-state index in [1.54, 1.807) is 7.11 Å². The van der Waals surface area contributed by atoms with Gasteiger partial charge in [-0.05, 0) is 18.9 Å². The normalized spacial score (nSPS) is 11.5. The lowest BCUT2D eigenvalue weighted by molar-refractivity contribution is 0.368. The smallest absolute Gasteiger partial charge is 0.122 e. The summed E-state index contributed by atoms with van der Waals surface area (Å²) < 4.78 is 5.40. The maximum Gasteiger partial charge on any atom is 0.122 e. The molecule has 0 aromatic heterocycles. The molecule has 0 bridgehead atoms. The van der Waals surface area contributed by atoms with E-state index in [0.29, 0.717) is 0 Å². The molecule has 0 amide bonds. The summed E-state index contributed by atoms with van der Waals surface area (Å²) in [6.45, 7) is 2.24. The highest BCUT2D eigenvalue weighted by atomic mass is 16.5. The molecule has 0 fully saturated rings. The Hall–Kier alpha value is -1.24. The van der Waals surface area contributed by atoms with Crippen molar-refractivity contribution < 1.29 is 4.74 Å². The Labute approximate surface area is 99.1 Å². The van der Waals surface area contributed by atoms with Crippen molar-refractivity contribution in [2.75, 3.05) is 7.11 Å². The Morgan fingerprint density at radius 1 is 1.12 bits per heavy atom. The van der Waals surface area contributed by atoms with Crippen LogP contribution < -0.4 is 0 Å². The zero-order chi connectivity index (χ0) is 11.6. The highest BCUT2D eigenvalue weighted by molar-refractivity contribution is 5.59. The monoisotopic (exact) mass is 218 g/mol. The van der Waals surface area contributed by atoms with E-state index in [0.717, 1.165) is 12.2 Å². The number of benzene rings is 1. The van der Waals surface area contributed by atoms with Crippen LogP contribution >= 0.6 is 0 Å². The summed E-state index contributed by atoms with van der Waals surface area (Å²) in [5.41, 5.74) is 1.17. The van der Waals surface area contributed by atoms with E-state index < -0.39 is 0 Å². The lowest BCUT2D eigenvalue weighted by Gasteiger charge is -2.06. The van der Waals surface area contributed by atoms with Gasteiger partial charge in [-0.2, -0.15) is 0 Å². The van der Waals surface area contributed by atoms with Gasteiger partial charge in [-0.25, -0.2) is 0 Å². The molecule has 1 aromatic rings. The molecule has 0 saturated heterocycles. The molecule has 1 nitrogen and oxygen atoms in total. The molecular formula is C15H22O. The Kier molecular flexibility index (Phi) is 6.39. The van der Waals surface area contributed by atoms with Crippen molar-refractivity contribution in [2.45, 2.75) is 39.0 Å². The first-order valence-corrected chi connectivity index (χ1v) is 6.18. The van der Waals surface area contributed by atoms with Crippen LogP contribution in [0.25, 0.3) is 5.76 Å². The first-order valence-electron chi connectivity index (χ1n) is 6.18. The maximum atomic E-state index is 5.40. The standard InChI is InChI=1S/C15H22O/c1-3-4-5-6-10-13-15(16-2)14-11-8-7-9-12-14/h7-9,11-13H,3-6,10H2,1-2H3/b15-13+. The molecule has 0 heterocycles. The van der Waals surface area contributed by atoms with Crippen LogP contribution in [0.1, 0.15) is 44.6 Å². The summed E-state index contributed by atoms with van der Waals surface area (Å²) in [6, 6.07) is 10.3. The molecule has 1 heteroatoms. The SMILES string of the molecule is CCCCCC/C=C(/OC)c1ccccc1. The minimum absolute atomic E-state index is 0.997. The Morgan fingerprint density at radius 2 is 1.88 bits per heavy atom. The average molecular weight is 218 g/mol. The van der Waals surface area contributed by atoms with Gasteiger partial charge in [-0.3, -0.25) is 0 Å². The summed E-state index contributed by atoms with van der Waals surface area (Å²) in [5, 5.41) is 0. The number of allylic oxidation sites excluding steroid dienone is 1. The molecule has 16 heavy (non-hydrogen) atoms. The summed E-state index contributed by atoms with van der Waals surface area (Å²) in [6.07, 6.45) is 8.51. The molecule has 0 spiro atoms. The fraction of sp³-hybridized carbons (Fsp3) is 0.467. The summed E-state index contributed by atoms with van der Waals surface area (Å²) in [4.78, 5) is 0. The largest absolute Gasteiger partial charge is 0.496 e. The molecule has 0 N–H and O–H groups in total. The first kappa shape index (κ1) is 12.8. The molecule has 88 valence electrons. The van der Waals surface area contributed by atoms with Gasteiger partial charge >= 0.3 is 0 Å². The van der Waals surface area contributed by atoms with Crippen LogP contribution in [0.5, 0.6) is 0 Å². The molecule has 1 rings (SSSR count). The van der Waals surface area contributed by atoms with Crippen molar-refractivity contribution in [2.24, 2.45) is 0 Å². The number of ether oxygens (including phenoxy) is 1. The lowest BCUT2D eigenvalue weighted by Crippen LogP contribution is -1.87. The van der Waals surface area contributed by atoms with Crippen LogP contribution in [0.3, 0.4) is 0 Å². The Morgan fingerprint density at radius 3 is 2.50 bits per heavy atom. The quantitative estimate of drug-likeness (QED) is 0.478. The fourth-order valence-corrected chi connectivity index (χ4v) is 1.73. The molecule has 0 unspecified atom stereocenters. The van der Waals surface area contributed by atoms with Crippen LogP contribution in [-0.4, -0.2) is 7.11 Å². The van der Waals surface area contributed by atoms with Crippen molar-refractivity contribution in [3.63, 3.8) is 0 Å². The number of rotatable bonds is 7. The van der Waals surface area contributed by atoms with Gasteiger partial charge in [0.2, 0.25) is 0 Å². The van der Waals surface area contributed by atoms with Crippen molar-refractivity contribution in [3.8, 4) is 0 Å². The van der Waals surface area contributed by atoms with Gasteiger partial charge in [0.25, 0.3) is 0 Å². The summed E-state index contributed by atoms with van der Waals surface area (Å²) in [5.74, 6) is 0.997. The second-order valence-corrected chi connectivity index (χ2v) is 3.99. The third kappa shape index (κ3) is 4.52. The van der Waals surface area contributed by atoms with Crippen molar-refractivity contribution in [1.29, 1.82) is 0 Å². The number of hydrogen-bond acceptors (Lipinski definition) is 1. The minimum Gasteiger partial charge on any atom is -0.496 e. The van der Waals surface area contributed by atoms with Gasteiger partial charge in [0, 0.05) is 5.56 Å². The third-order valence-electron chi connectivity index (χ3n) is 2.67. The second-order valence-electron chi connectivity index (χ2n) is 3.99. The molecule has 0 aliphatic carbocycles. The predicted octanol–water partition coefficient (Wildman–Crippen LogP) is 4.64. The van der Waals surface area contributed by atoms with Crippen LogP contribution in [0.4, 0.5) is 0 Å². The number of hydrogen-bond donors (Lipinski definition) is 0. The summed E-state index contributed by atoms with van der Waals surface area (Å²) >= 11 is 0. The summed E-state index contributed by atoms with van der Waals surface area (Å²) in [7, 11) is 1.74. The van der Waals surface area contributed by atoms with Gasteiger partial charge in [0.1, 0.15) is 5.76 Å². The fourth-order valence-electron chi connectivity index (χ4n) is 1.73. The highest BCUT2D eigenvalue weighted by Gasteiger charge is 1.98. The topological polar surface area (TPSA) is 9.23 Å². The number of methoxy groups -OCH3 is 1. The highest BCUT2D eigenvalue weighted by Crippen LogP contribution is 2.16. The zero-order valence-electron chi connectivity index (χ0n) is 10.4. The van der Waals surface area contributed by atoms with Gasteiger partial charge in [0.15, 0.2) is 0 Å². The van der Waals surface area contributed by atoms with E-state index in [2.05, 4.69) is 25.1 Å². The van der Waals surface area contributed by atoms with Gasteiger partial charge in [-0.1, -0.05) is 56.5 Å². The van der Waals surface area contributed by atoms with Crippen molar-refractivity contribution in [3.05, 3.63) is 42.0 Å². The molecule has 0 saturated carbocycles. The predicted molar refractivity (Wildman–Crippen MR) is 70.2 cm³/mol. The second kappa shape index (κ2) is 7.98. The zero-order valence-corrected chi connectivity index (χ0v) is 10.4. The van der Waals surface area contributed by atoms with Crippen LogP contribution in [0.15, 0.2) is 36.4 Å². The maximum absolute atomic E-state index is 5.40. The molecule has 0 radical (unpaired) electrons. The van der Waals surface area contributed by atoms with Crippen LogP contribution in [0, 0.1) is 0 Å². The Balaban J connectivity index is 2.45. The van der Waals surface area contributed by atoms with E-state index in [9.17, 15) is 0 Å². The van der Waals surface area contributed by atoms with Gasteiger partial charge in [0.05, 0.1) is 7.11 Å². The molecular weight excluding hydrogens is 196 g/mol. The van der Waals surface area contributed by atoms with Crippen molar-refractivity contribution in [1.82, 2.24) is 0 Å². The van der Waals surface area contributed by atoms with Crippen LogP contribution in [-0.2, 0) is 4.74 Å². The van der Waals surface area contributed by atoms with Gasteiger partial charge in [-0.15, -0.1) is 0 Å². The van der Waals surface area contributed by atoms with Gasteiger partial charge < -0.3 is 4.74 Å². The first-order chi connectivity index (χ1) is 7.88. The van der Waals surface area contributed by atoms with E-state index >= 15 is 0 Å². The minimum atomic E-state index is 0.997. The molecule has 0 aliphatic rings. The van der Waals surface area contributed by atoms with E-state index in [1.165, 1.54) is 31.2 Å². The lowest BCUT2D eigenvalue weighted by atomic mass is 10.1. The molecule has 0 atom stereocenters. The van der Waals surface area contributed by atoms with E-state index in [-0.39, 0.29) is 0 Å². The van der Waals surface area contributed by atoms with Crippen molar-refractivity contribution >= 4 is 5.76 Å². The third-order valence-corrected chi connectivity index (χ3v) is 2.67.